The maximum atomic E-state index is 13.6. The van der Waals surface area contributed by atoms with Gasteiger partial charge in [-0.15, -0.1) is 11.3 Å². The number of nitrogens with one attached hydrogen (secondary N) is 2. The molecule has 0 spiro atoms. The first kappa shape index (κ1) is 25.3. The molecule has 3 N–H and O–H groups in total. The highest BCUT2D eigenvalue weighted by atomic mass is 32.1. The first-order valence-corrected chi connectivity index (χ1v) is 12.4. The molecule has 0 saturated heterocycles. The molecule has 2 atom stereocenters. The highest BCUT2D eigenvalue weighted by Gasteiger charge is 2.34. The van der Waals surface area contributed by atoms with Gasteiger partial charge in [-0.3, -0.25) is 9.59 Å². The van der Waals surface area contributed by atoms with E-state index >= 15 is 0 Å². The number of halogens is 1. The van der Waals surface area contributed by atoms with Crippen LogP contribution in [0, 0.1) is 17.7 Å². The van der Waals surface area contributed by atoms with Crippen molar-refractivity contribution in [2.24, 2.45) is 11.8 Å². The van der Waals surface area contributed by atoms with Crippen LogP contribution in [-0.4, -0.2) is 40.3 Å². The van der Waals surface area contributed by atoms with Gasteiger partial charge in [0, 0.05) is 18.7 Å². The molecular formula is C25H30FN3O5S. The Hall–Kier alpha value is -2.82. The fourth-order valence-corrected chi connectivity index (χ4v) is 5.43. The minimum Gasteiger partial charge on any atom is -0.494 e. The molecule has 1 aliphatic rings. The first-order valence-electron chi connectivity index (χ1n) is 11.6. The van der Waals surface area contributed by atoms with Crippen molar-refractivity contribution in [1.29, 1.82) is 0 Å². The summed E-state index contributed by atoms with van der Waals surface area (Å²) >= 11 is 1.28. The maximum Gasteiger partial charge on any atom is 0.287 e. The van der Waals surface area contributed by atoms with Gasteiger partial charge in [-0.2, -0.15) is 0 Å². The molecule has 35 heavy (non-hydrogen) atoms. The van der Waals surface area contributed by atoms with Gasteiger partial charge < -0.3 is 24.9 Å². The summed E-state index contributed by atoms with van der Waals surface area (Å²) in [7, 11) is 1.37. The van der Waals surface area contributed by atoms with Crippen LogP contribution in [0.15, 0.2) is 28.4 Å². The van der Waals surface area contributed by atoms with E-state index in [9.17, 15) is 19.1 Å². The zero-order valence-electron chi connectivity index (χ0n) is 20.0. The van der Waals surface area contributed by atoms with Crippen molar-refractivity contribution < 1.29 is 23.8 Å². The summed E-state index contributed by atoms with van der Waals surface area (Å²) in [6.45, 7) is 4.69. The Bertz CT molecular complexity index is 1270. The minimum absolute atomic E-state index is 0.0861. The molecule has 1 aromatic carbocycles. The van der Waals surface area contributed by atoms with Crippen molar-refractivity contribution in [3.05, 3.63) is 56.7 Å². The number of methoxy groups -OCH3 is 1. The fourth-order valence-electron chi connectivity index (χ4n) is 4.50. The molecule has 10 heteroatoms. The Kier molecular flexibility index (Phi) is 7.53. The van der Waals surface area contributed by atoms with Crippen molar-refractivity contribution in [1.82, 2.24) is 15.3 Å². The SMILES string of the molecule is COc1cc(CNC(=O)c2nc3scc(COCC4CCC(C(C)(C)O)C4)c3c(=O)[nH]2)ccc1F. The number of hydrogen-bond donors (Lipinski definition) is 3. The van der Waals surface area contributed by atoms with E-state index in [0.29, 0.717) is 28.3 Å². The summed E-state index contributed by atoms with van der Waals surface area (Å²) in [6, 6.07) is 4.30. The molecule has 1 amide bonds. The number of thiophene rings is 1. The van der Waals surface area contributed by atoms with Crippen molar-refractivity contribution in [2.45, 2.75) is 51.9 Å². The average molecular weight is 504 g/mol. The second-order valence-electron chi connectivity index (χ2n) is 9.55. The van der Waals surface area contributed by atoms with Gasteiger partial charge in [0.1, 0.15) is 4.83 Å². The third-order valence-electron chi connectivity index (χ3n) is 6.56. The van der Waals surface area contributed by atoms with Gasteiger partial charge in [-0.1, -0.05) is 6.07 Å². The van der Waals surface area contributed by atoms with Crippen LogP contribution in [0.5, 0.6) is 5.75 Å². The van der Waals surface area contributed by atoms with E-state index in [2.05, 4.69) is 15.3 Å². The van der Waals surface area contributed by atoms with Crippen molar-refractivity contribution in [2.75, 3.05) is 13.7 Å². The van der Waals surface area contributed by atoms with Crippen LogP contribution in [0.1, 0.15) is 54.9 Å². The monoisotopic (exact) mass is 503 g/mol. The summed E-state index contributed by atoms with van der Waals surface area (Å²) < 4.78 is 24.4. The number of benzene rings is 1. The van der Waals surface area contributed by atoms with Crippen LogP contribution in [0.2, 0.25) is 0 Å². The third-order valence-corrected chi connectivity index (χ3v) is 7.48. The summed E-state index contributed by atoms with van der Waals surface area (Å²) in [5.74, 6) is -0.361. The molecule has 0 aliphatic heterocycles. The first-order chi connectivity index (χ1) is 16.7. The molecule has 2 heterocycles. The normalized spacial score (nSPS) is 18.2. The molecule has 1 fully saturated rings. The number of amides is 1. The van der Waals surface area contributed by atoms with E-state index in [0.717, 1.165) is 24.8 Å². The van der Waals surface area contributed by atoms with Crippen molar-refractivity contribution >= 4 is 27.5 Å². The Morgan fingerprint density at radius 3 is 2.89 bits per heavy atom. The van der Waals surface area contributed by atoms with E-state index in [1.54, 1.807) is 6.07 Å². The Balaban J connectivity index is 1.37. The Labute approximate surface area is 206 Å². The van der Waals surface area contributed by atoms with Gasteiger partial charge in [-0.05, 0) is 68.0 Å². The Morgan fingerprint density at radius 1 is 1.37 bits per heavy atom. The second-order valence-corrected chi connectivity index (χ2v) is 10.4. The van der Waals surface area contributed by atoms with Crippen LogP contribution >= 0.6 is 11.3 Å². The summed E-state index contributed by atoms with van der Waals surface area (Å²) in [5, 5.41) is 15.1. The van der Waals surface area contributed by atoms with Crippen molar-refractivity contribution in [3.8, 4) is 5.75 Å². The lowest BCUT2D eigenvalue weighted by atomic mass is 9.89. The van der Waals surface area contributed by atoms with Crippen molar-refractivity contribution in [3.63, 3.8) is 0 Å². The molecule has 2 unspecified atom stereocenters. The van der Waals surface area contributed by atoms with Gasteiger partial charge >= 0.3 is 0 Å². The van der Waals surface area contributed by atoms with E-state index in [1.165, 1.54) is 30.6 Å². The van der Waals surface area contributed by atoms with E-state index < -0.39 is 22.9 Å². The molecule has 4 rings (SSSR count). The fraction of sp³-hybridized carbons (Fsp3) is 0.480. The number of fused-ring (bicyclic) bond motifs is 1. The molecule has 0 bridgehead atoms. The molecule has 8 nitrogen and oxygen atoms in total. The largest absolute Gasteiger partial charge is 0.494 e. The average Bonchev–Trinajstić information content (AvgIpc) is 3.46. The Morgan fingerprint density at radius 2 is 2.17 bits per heavy atom. The standard InChI is InChI=1S/C25H30FN3O5S/c1-25(2,32)17-6-4-15(8-17)11-34-12-16-13-35-24-20(16)22(30)28-21(29-24)23(31)27-10-14-5-7-18(26)19(9-14)33-3/h5,7,9,13,15,17,32H,4,6,8,10-12H2,1-3H3,(H,27,31)(H,28,29,30). The van der Waals surface area contributed by atoms with Crippen LogP contribution in [0.4, 0.5) is 4.39 Å². The number of carbonyl (C=O) groups is 1. The van der Waals surface area contributed by atoms with E-state index in [4.69, 9.17) is 9.47 Å². The molecule has 2 aromatic heterocycles. The smallest absolute Gasteiger partial charge is 0.287 e. The third kappa shape index (κ3) is 5.88. The number of carbonyl (C=O) groups excluding carboxylic acids is 1. The van der Waals surface area contributed by atoms with E-state index in [-0.39, 0.29) is 30.6 Å². The number of ether oxygens (including phenoxy) is 2. The van der Waals surface area contributed by atoms with Gasteiger partial charge in [-0.25, -0.2) is 9.37 Å². The van der Waals surface area contributed by atoms with Crippen LogP contribution in [0.25, 0.3) is 10.2 Å². The zero-order valence-corrected chi connectivity index (χ0v) is 20.8. The lowest BCUT2D eigenvalue weighted by Crippen LogP contribution is -2.29. The predicted molar refractivity (Wildman–Crippen MR) is 131 cm³/mol. The molecule has 1 saturated carbocycles. The summed E-state index contributed by atoms with van der Waals surface area (Å²) in [6.07, 6.45) is 2.94. The maximum absolute atomic E-state index is 13.6. The number of nitrogens with zero attached hydrogens (tertiary/aromatic N) is 1. The highest BCUT2D eigenvalue weighted by Crippen LogP contribution is 2.38. The van der Waals surface area contributed by atoms with Gasteiger partial charge in [0.15, 0.2) is 11.6 Å². The van der Waals surface area contributed by atoms with Crippen LogP contribution in [-0.2, 0) is 17.9 Å². The number of aromatic amines is 1. The van der Waals surface area contributed by atoms with Gasteiger partial charge in [0.05, 0.1) is 24.7 Å². The number of rotatable bonds is 9. The molecule has 3 aromatic rings. The predicted octanol–water partition coefficient (Wildman–Crippen LogP) is 3.77. The van der Waals surface area contributed by atoms with Gasteiger partial charge in [0.2, 0.25) is 5.82 Å². The number of H-pyrrole nitrogens is 1. The second kappa shape index (κ2) is 10.4. The molecule has 0 radical (unpaired) electrons. The van der Waals surface area contributed by atoms with E-state index in [1.807, 2.05) is 19.2 Å². The lowest BCUT2D eigenvalue weighted by Gasteiger charge is -2.25. The van der Waals surface area contributed by atoms with Crippen LogP contribution < -0.4 is 15.6 Å². The molecular weight excluding hydrogens is 473 g/mol. The van der Waals surface area contributed by atoms with Gasteiger partial charge in [0.25, 0.3) is 11.5 Å². The lowest BCUT2D eigenvalue weighted by molar-refractivity contribution is 0.0145. The topological polar surface area (TPSA) is 114 Å². The summed E-state index contributed by atoms with van der Waals surface area (Å²) in [5.41, 5.74) is 0.312. The van der Waals surface area contributed by atoms with Crippen LogP contribution in [0.3, 0.4) is 0 Å². The number of aliphatic hydroxyl groups is 1. The number of aromatic nitrogens is 2. The number of hydrogen-bond acceptors (Lipinski definition) is 7. The minimum atomic E-state index is -0.673. The molecule has 188 valence electrons. The summed E-state index contributed by atoms with van der Waals surface area (Å²) in [4.78, 5) is 32.7. The highest BCUT2D eigenvalue weighted by molar-refractivity contribution is 7.16. The quantitative estimate of drug-likeness (QED) is 0.410. The zero-order chi connectivity index (χ0) is 25.2. The molecule has 1 aliphatic carbocycles.